The molecule has 2 rings (SSSR count). The second-order valence-corrected chi connectivity index (χ2v) is 6.72. The number of anilines is 1. The minimum absolute atomic E-state index is 0.0298. The Hall–Kier alpha value is -3.63. The van der Waals surface area contributed by atoms with E-state index in [-0.39, 0.29) is 16.7 Å². The van der Waals surface area contributed by atoms with Crippen molar-refractivity contribution in [3.63, 3.8) is 0 Å². The third kappa shape index (κ3) is 8.33. The number of methoxy groups -OCH3 is 1. The summed E-state index contributed by atoms with van der Waals surface area (Å²) in [7, 11) is 1.60. The van der Waals surface area contributed by atoms with Gasteiger partial charge in [-0.3, -0.25) is 25.0 Å². The van der Waals surface area contributed by atoms with Gasteiger partial charge in [-0.05, 0) is 60.6 Å². The molecule has 2 amide bonds. The van der Waals surface area contributed by atoms with Crippen LogP contribution in [0, 0.1) is 10.1 Å². The van der Waals surface area contributed by atoms with Gasteiger partial charge in [0.1, 0.15) is 0 Å². The Bertz CT molecular complexity index is 976. The molecule has 0 fully saturated rings. The number of nitro benzene ring substituents is 1. The van der Waals surface area contributed by atoms with Gasteiger partial charge in [0.25, 0.3) is 11.6 Å². The molecule has 0 atom stereocenters. The molecule has 0 saturated carbocycles. The average molecular weight is 442 g/mol. The van der Waals surface area contributed by atoms with Gasteiger partial charge in [0.2, 0.25) is 5.91 Å². The van der Waals surface area contributed by atoms with Crippen molar-refractivity contribution in [1.82, 2.24) is 10.6 Å². The standard InChI is InChI=1S/C21H22N4O5S/c1-30-13-3-12-22-20(27)16-4-2-5-17(14-16)23-21(31)24-19(26)11-8-15-6-9-18(10-7-15)25(28)29/h2,4-11,14H,3,12-13H2,1H3,(H,22,27)(H2,23,24,26,31)/b11-8+. The smallest absolute Gasteiger partial charge is 0.269 e. The highest BCUT2D eigenvalue weighted by atomic mass is 32.1. The summed E-state index contributed by atoms with van der Waals surface area (Å²) in [4.78, 5) is 34.4. The molecule has 0 bridgehead atoms. The highest BCUT2D eigenvalue weighted by Gasteiger charge is 2.08. The maximum absolute atomic E-state index is 12.2. The fourth-order valence-electron chi connectivity index (χ4n) is 2.45. The van der Waals surface area contributed by atoms with E-state index in [1.165, 1.54) is 36.4 Å². The summed E-state index contributed by atoms with van der Waals surface area (Å²) in [5.41, 5.74) is 1.60. The molecule has 0 radical (unpaired) electrons. The first-order chi connectivity index (χ1) is 14.9. The van der Waals surface area contributed by atoms with Crippen LogP contribution in [-0.4, -0.2) is 42.1 Å². The lowest BCUT2D eigenvalue weighted by Gasteiger charge is -2.10. The number of amides is 2. The van der Waals surface area contributed by atoms with Crippen LogP contribution < -0.4 is 16.0 Å². The molecular weight excluding hydrogens is 420 g/mol. The van der Waals surface area contributed by atoms with E-state index in [2.05, 4.69) is 16.0 Å². The molecule has 3 N–H and O–H groups in total. The second-order valence-electron chi connectivity index (χ2n) is 6.31. The van der Waals surface area contributed by atoms with E-state index in [1.807, 2.05) is 0 Å². The van der Waals surface area contributed by atoms with Crippen LogP contribution in [0.2, 0.25) is 0 Å². The molecule has 2 aromatic carbocycles. The highest BCUT2D eigenvalue weighted by molar-refractivity contribution is 7.80. The van der Waals surface area contributed by atoms with Crippen molar-refractivity contribution in [3.05, 3.63) is 75.8 Å². The van der Waals surface area contributed by atoms with Crippen molar-refractivity contribution in [2.24, 2.45) is 0 Å². The van der Waals surface area contributed by atoms with E-state index < -0.39 is 10.8 Å². The molecule has 0 unspecified atom stereocenters. The van der Waals surface area contributed by atoms with Gasteiger partial charge in [0, 0.05) is 49.7 Å². The summed E-state index contributed by atoms with van der Waals surface area (Å²) in [5, 5.41) is 18.9. The summed E-state index contributed by atoms with van der Waals surface area (Å²) in [5.74, 6) is -0.691. The number of thiocarbonyl (C=S) groups is 1. The first-order valence-corrected chi connectivity index (χ1v) is 9.71. The molecule has 0 aliphatic carbocycles. The van der Waals surface area contributed by atoms with Crippen molar-refractivity contribution in [2.45, 2.75) is 6.42 Å². The first-order valence-electron chi connectivity index (χ1n) is 9.31. The van der Waals surface area contributed by atoms with Gasteiger partial charge in [0.15, 0.2) is 5.11 Å². The molecule has 31 heavy (non-hydrogen) atoms. The maximum atomic E-state index is 12.2. The van der Waals surface area contributed by atoms with Crippen molar-refractivity contribution < 1.29 is 19.2 Å². The summed E-state index contributed by atoms with van der Waals surface area (Å²) >= 11 is 5.13. The molecule has 162 valence electrons. The number of ether oxygens (including phenoxy) is 1. The average Bonchev–Trinajstić information content (AvgIpc) is 2.75. The number of benzene rings is 2. The monoisotopic (exact) mass is 442 g/mol. The lowest BCUT2D eigenvalue weighted by molar-refractivity contribution is -0.384. The molecule has 0 aliphatic rings. The molecule has 0 spiro atoms. The zero-order valence-corrected chi connectivity index (χ0v) is 17.6. The summed E-state index contributed by atoms with van der Waals surface area (Å²) < 4.78 is 4.94. The van der Waals surface area contributed by atoms with Crippen LogP contribution >= 0.6 is 12.2 Å². The fourth-order valence-corrected chi connectivity index (χ4v) is 2.67. The summed E-state index contributed by atoms with van der Waals surface area (Å²) in [6, 6.07) is 12.5. The molecule has 0 saturated heterocycles. The molecule has 0 aliphatic heterocycles. The van der Waals surface area contributed by atoms with Gasteiger partial charge >= 0.3 is 0 Å². The van der Waals surface area contributed by atoms with Gasteiger partial charge in [-0.15, -0.1) is 0 Å². The number of carbonyl (C=O) groups excluding carboxylic acids is 2. The fraction of sp³-hybridized carbons (Fsp3) is 0.190. The highest BCUT2D eigenvalue weighted by Crippen LogP contribution is 2.13. The number of nitrogens with zero attached hydrogens (tertiary/aromatic N) is 1. The summed E-state index contributed by atoms with van der Waals surface area (Å²) in [6.07, 6.45) is 3.49. The van der Waals surface area contributed by atoms with Crippen LogP contribution in [-0.2, 0) is 9.53 Å². The maximum Gasteiger partial charge on any atom is 0.269 e. The third-order valence-corrected chi connectivity index (χ3v) is 4.17. The van der Waals surface area contributed by atoms with E-state index >= 15 is 0 Å². The Morgan fingerprint density at radius 3 is 2.61 bits per heavy atom. The zero-order chi connectivity index (χ0) is 22.6. The van der Waals surface area contributed by atoms with Crippen LogP contribution in [0.4, 0.5) is 11.4 Å². The Labute approximate surface area is 184 Å². The van der Waals surface area contributed by atoms with Crippen LogP contribution in [0.3, 0.4) is 0 Å². The Morgan fingerprint density at radius 2 is 1.94 bits per heavy atom. The van der Waals surface area contributed by atoms with E-state index in [1.54, 1.807) is 31.4 Å². The number of nitro groups is 1. The predicted molar refractivity (Wildman–Crippen MR) is 122 cm³/mol. The van der Waals surface area contributed by atoms with Crippen molar-refractivity contribution in [2.75, 3.05) is 25.6 Å². The third-order valence-electron chi connectivity index (χ3n) is 3.96. The van der Waals surface area contributed by atoms with Crippen LogP contribution in [0.1, 0.15) is 22.3 Å². The van der Waals surface area contributed by atoms with Gasteiger partial charge in [-0.2, -0.15) is 0 Å². The molecular formula is C21H22N4O5S. The quantitative estimate of drug-likeness (QED) is 0.179. The minimum atomic E-state index is -0.496. The molecule has 10 heteroatoms. The lowest BCUT2D eigenvalue weighted by atomic mass is 10.2. The van der Waals surface area contributed by atoms with Crippen LogP contribution in [0.5, 0.6) is 0 Å². The Balaban J connectivity index is 1.86. The van der Waals surface area contributed by atoms with Crippen molar-refractivity contribution in [1.29, 1.82) is 0 Å². The van der Waals surface area contributed by atoms with Gasteiger partial charge in [-0.25, -0.2) is 0 Å². The SMILES string of the molecule is COCCCNC(=O)c1cccc(NC(=S)NC(=O)/C=C/c2ccc([N+](=O)[O-])cc2)c1. The minimum Gasteiger partial charge on any atom is -0.385 e. The number of hydrogen-bond donors (Lipinski definition) is 3. The number of hydrogen-bond acceptors (Lipinski definition) is 6. The van der Waals surface area contributed by atoms with Crippen LogP contribution in [0.15, 0.2) is 54.6 Å². The van der Waals surface area contributed by atoms with E-state index in [4.69, 9.17) is 17.0 Å². The Morgan fingerprint density at radius 1 is 1.19 bits per heavy atom. The summed E-state index contributed by atoms with van der Waals surface area (Å²) in [6.45, 7) is 1.06. The van der Waals surface area contributed by atoms with Gasteiger partial charge < -0.3 is 15.4 Å². The molecule has 9 nitrogen and oxygen atoms in total. The molecule has 2 aromatic rings. The lowest BCUT2D eigenvalue weighted by Crippen LogP contribution is -2.33. The first kappa shape index (κ1) is 23.6. The van der Waals surface area contributed by atoms with Gasteiger partial charge in [0.05, 0.1) is 4.92 Å². The number of nitrogens with one attached hydrogen (secondary N) is 3. The van der Waals surface area contributed by atoms with E-state index in [9.17, 15) is 19.7 Å². The molecule has 0 aromatic heterocycles. The van der Waals surface area contributed by atoms with E-state index in [0.29, 0.717) is 36.4 Å². The normalized spacial score (nSPS) is 10.5. The second kappa shape index (κ2) is 12.2. The Kier molecular flexibility index (Phi) is 9.27. The largest absolute Gasteiger partial charge is 0.385 e. The predicted octanol–water partition coefficient (Wildman–Crippen LogP) is 2.89. The van der Waals surface area contributed by atoms with Crippen molar-refractivity contribution in [3.8, 4) is 0 Å². The van der Waals surface area contributed by atoms with E-state index in [0.717, 1.165) is 0 Å². The van der Waals surface area contributed by atoms with Crippen LogP contribution in [0.25, 0.3) is 6.08 Å². The number of non-ortho nitro benzene ring substituents is 1. The number of rotatable bonds is 9. The topological polar surface area (TPSA) is 123 Å². The zero-order valence-electron chi connectivity index (χ0n) is 16.8. The molecule has 0 heterocycles. The van der Waals surface area contributed by atoms with Crippen molar-refractivity contribution >= 4 is 46.6 Å². The van der Waals surface area contributed by atoms with Gasteiger partial charge in [-0.1, -0.05) is 6.07 Å². The number of carbonyl (C=O) groups is 2.